The number of ether oxygens (including phenoxy) is 1. The van der Waals surface area contributed by atoms with Gasteiger partial charge in [0.25, 0.3) is 0 Å². The second-order valence-electron chi connectivity index (χ2n) is 12.8. The summed E-state index contributed by atoms with van der Waals surface area (Å²) < 4.78 is 5.80. The molecule has 1 N–H and O–H groups in total. The Bertz CT molecular complexity index is 600. The Labute approximate surface area is 262 Å². The number of aliphatic carboxylic acids is 1. The molecule has 0 amide bonds. The highest BCUT2D eigenvalue weighted by Gasteiger charge is 2.15. The summed E-state index contributed by atoms with van der Waals surface area (Å²) >= 11 is 0. The van der Waals surface area contributed by atoms with Crippen LogP contribution in [0.4, 0.5) is 0 Å². The zero-order valence-electron chi connectivity index (χ0n) is 28.3. The number of hydrogen-bond acceptors (Lipinski definition) is 3. The van der Waals surface area contributed by atoms with Crippen LogP contribution < -0.4 is 0 Å². The molecule has 0 aromatic heterocycles. The minimum Gasteiger partial charge on any atom is -0.481 e. The van der Waals surface area contributed by atoms with Gasteiger partial charge >= 0.3 is 11.9 Å². The fourth-order valence-corrected chi connectivity index (χ4v) is 5.72. The fourth-order valence-electron chi connectivity index (χ4n) is 5.72. The third-order valence-corrected chi connectivity index (χ3v) is 8.49. The zero-order valence-corrected chi connectivity index (χ0v) is 28.3. The highest BCUT2D eigenvalue weighted by atomic mass is 16.5. The highest BCUT2D eigenvalue weighted by Crippen LogP contribution is 2.18. The van der Waals surface area contributed by atoms with Gasteiger partial charge in [0.2, 0.25) is 0 Å². The number of hydrogen-bond donors (Lipinski definition) is 1. The molecule has 0 bridgehead atoms. The molecule has 0 saturated carbocycles. The molecule has 0 aliphatic carbocycles. The molecule has 0 aliphatic heterocycles. The first-order chi connectivity index (χ1) is 20.6. The molecule has 42 heavy (non-hydrogen) atoms. The Balaban J connectivity index is 3.72. The molecule has 0 spiro atoms. The molecule has 1 unspecified atom stereocenters. The van der Waals surface area contributed by atoms with Gasteiger partial charge in [-0.05, 0) is 57.8 Å². The third kappa shape index (κ3) is 33.2. The molecular weight excluding hydrogens is 520 g/mol. The number of carbonyl (C=O) groups is 2. The predicted octanol–water partition coefficient (Wildman–Crippen LogP) is 12.7. The molecule has 1 atom stereocenters. The number of esters is 1. The Morgan fingerprint density at radius 3 is 1.33 bits per heavy atom. The van der Waals surface area contributed by atoms with Crippen molar-refractivity contribution in [3.05, 3.63) is 12.2 Å². The van der Waals surface area contributed by atoms with Crippen LogP contribution in [-0.2, 0) is 14.3 Å². The van der Waals surface area contributed by atoms with Crippen LogP contribution in [-0.4, -0.2) is 23.1 Å². The molecular formula is C38H72O4. The summed E-state index contributed by atoms with van der Waals surface area (Å²) in [6.45, 7) is 4.53. The second-order valence-corrected chi connectivity index (χ2v) is 12.8. The maximum atomic E-state index is 12.4. The lowest BCUT2D eigenvalue weighted by Crippen LogP contribution is -2.18. The number of rotatable bonds is 34. The quantitative estimate of drug-likeness (QED) is 0.0458. The molecule has 4 nitrogen and oxygen atoms in total. The van der Waals surface area contributed by atoms with Crippen molar-refractivity contribution >= 4 is 11.9 Å². The van der Waals surface area contributed by atoms with E-state index in [0.29, 0.717) is 19.3 Å². The van der Waals surface area contributed by atoms with Gasteiger partial charge in [0, 0.05) is 12.8 Å². The van der Waals surface area contributed by atoms with E-state index in [4.69, 9.17) is 9.84 Å². The minimum absolute atomic E-state index is 0.0905. The lowest BCUT2D eigenvalue weighted by Gasteiger charge is -2.18. The normalized spacial score (nSPS) is 12.2. The Morgan fingerprint density at radius 2 is 0.881 bits per heavy atom. The van der Waals surface area contributed by atoms with Crippen molar-refractivity contribution in [2.75, 3.05) is 0 Å². The summed E-state index contributed by atoms with van der Waals surface area (Å²) in [4.78, 5) is 23.4. The van der Waals surface area contributed by atoms with Gasteiger partial charge in [0.05, 0.1) is 0 Å². The largest absolute Gasteiger partial charge is 0.481 e. The molecule has 0 aromatic carbocycles. The van der Waals surface area contributed by atoms with Crippen LogP contribution in [0.25, 0.3) is 0 Å². The van der Waals surface area contributed by atoms with Crippen molar-refractivity contribution in [1.82, 2.24) is 0 Å². The number of allylic oxidation sites excluding steroid dienone is 2. The van der Waals surface area contributed by atoms with E-state index in [1.54, 1.807) is 0 Å². The van der Waals surface area contributed by atoms with Crippen LogP contribution in [0.1, 0.15) is 213 Å². The van der Waals surface area contributed by atoms with E-state index in [1.165, 1.54) is 148 Å². The van der Waals surface area contributed by atoms with Crippen molar-refractivity contribution in [2.24, 2.45) is 0 Å². The molecule has 0 saturated heterocycles. The van der Waals surface area contributed by atoms with Gasteiger partial charge in [0.1, 0.15) is 6.10 Å². The first kappa shape index (κ1) is 40.7. The maximum absolute atomic E-state index is 12.4. The number of unbranched alkanes of at least 4 members (excludes halogenated alkanes) is 23. The van der Waals surface area contributed by atoms with Gasteiger partial charge in [-0.2, -0.15) is 0 Å². The molecule has 0 rings (SSSR count). The van der Waals surface area contributed by atoms with Crippen molar-refractivity contribution in [3.8, 4) is 0 Å². The van der Waals surface area contributed by atoms with E-state index in [-0.39, 0.29) is 18.5 Å². The fraction of sp³-hybridized carbons (Fsp3) is 0.895. The van der Waals surface area contributed by atoms with Gasteiger partial charge in [-0.3, -0.25) is 9.59 Å². The molecule has 0 heterocycles. The van der Waals surface area contributed by atoms with E-state index < -0.39 is 5.97 Å². The summed E-state index contributed by atoms with van der Waals surface area (Å²) in [5.74, 6) is -0.860. The SMILES string of the molecule is CCCCCCCC/C=C\CCCCCCCCCCCC(=O)OC(CCCCCCCCCCC)CCCC(=O)O. The Morgan fingerprint density at radius 1 is 0.500 bits per heavy atom. The maximum Gasteiger partial charge on any atom is 0.306 e. The predicted molar refractivity (Wildman–Crippen MR) is 181 cm³/mol. The summed E-state index contributed by atoms with van der Waals surface area (Å²) in [5, 5.41) is 8.97. The van der Waals surface area contributed by atoms with Crippen LogP contribution in [0.2, 0.25) is 0 Å². The molecule has 4 heteroatoms. The topological polar surface area (TPSA) is 63.6 Å². The highest BCUT2D eigenvalue weighted by molar-refractivity contribution is 5.69. The number of carbonyl (C=O) groups excluding carboxylic acids is 1. The Kier molecular flexibility index (Phi) is 33.1. The summed E-state index contributed by atoms with van der Waals surface area (Å²) in [6, 6.07) is 0. The summed E-state index contributed by atoms with van der Waals surface area (Å²) in [6.07, 6.45) is 40.9. The van der Waals surface area contributed by atoms with E-state index in [0.717, 1.165) is 25.7 Å². The minimum atomic E-state index is -0.769. The van der Waals surface area contributed by atoms with Crippen LogP contribution in [0.3, 0.4) is 0 Å². The molecule has 0 fully saturated rings. The lowest BCUT2D eigenvalue weighted by atomic mass is 10.0. The molecule has 0 aliphatic rings. The molecule has 248 valence electrons. The average molecular weight is 593 g/mol. The van der Waals surface area contributed by atoms with Gasteiger partial charge in [-0.1, -0.05) is 154 Å². The first-order valence-electron chi connectivity index (χ1n) is 18.7. The monoisotopic (exact) mass is 593 g/mol. The van der Waals surface area contributed by atoms with Crippen LogP contribution in [0.15, 0.2) is 12.2 Å². The van der Waals surface area contributed by atoms with E-state index in [1.807, 2.05) is 0 Å². The zero-order chi connectivity index (χ0) is 30.8. The van der Waals surface area contributed by atoms with Gasteiger partial charge < -0.3 is 9.84 Å². The van der Waals surface area contributed by atoms with E-state index in [2.05, 4.69) is 26.0 Å². The first-order valence-corrected chi connectivity index (χ1v) is 18.7. The molecule has 0 aromatic rings. The Hall–Kier alpha value is -1.32. The van der Waals surface area contributed by atoms with Crippen molar-refractivity contribution in [2.45, 2.75) is 219 Å². The lowest BCUT2D eigenvalue weighted by molar-refractivity contribution is -0.150. The molecule has 0 radical (unpaired) electrons. The average Bonchev–Trinajstić information content (AvgIpc) is 2.97. The third-order valence-electron chi connectivity index (χ3n) is 8.49. The smallest absolute Gasteiger partial charge is 0.306 e. The van der Waals surface area contributed by atoms with E-state index >= 15 is 0 Å². The van der Waals surface area contributed by atoms with Gasteiger partial charge in [-0.25, -0.2) is 0 Å². The number of carboxylic acids is 1. The van der Waals surface area contributed by atoms with Crippen molar-refractivity contribution in [3.63, 3.8) is 0 Å². The van der Waals surface area contributed by atoms with Crippen molar-refractivity contribution < 1.29 is 19.4 Å². The summed E-state index contributed by atoms with van der Waals surface area (Å²) in [7, 11) is 0. The number of carboxylic acid groups (broad SMARTS) is 1. The summed E-state index contributed by atoms with van der Waals surface area (Å²) in [5.41, 5.74) is 0. The standard InChI is InChI=1S/C38H72O4/c1-3-5-7-9-11-13-14-15-16-17-18-19-20-21-22-24-26-28-30-35-38(41)42-36(33-31-34-37(39)40)32-29-27-25-23-12-10-8-6-4-2/h15-16,36H,3-14,17-35H2,1-2H3,(H,39,40)/b16-15-. The van der Waals surface area contributed by atoms with Gasteiger partial charge in [0.15, 0.2) is 0 Å². The van der Waals surface area contributed by atoms with Crippen LogP contribution in [0.5, 0.6) is 0 Å². The van der Waals surface area contributed by atoms with Gasteiger partial charge in [-0.15, -0.1) is 0 Å². The van der Waals surface area contributed by atoms with Crippen molar-refractivity contribution in [1.29, 1.82) is 0 Å². The van der Waals surface area contributed by atoms with Crippen LogP contribution >= 0.6 is 0 Å². The second kappa shape index (κ2) is 34.2. The van der Waals surface area contributed by atoms with Crippen LogP contribution in [0, 0.1) is 0 Å². The van der Waals surface area contributed by atoms with E-state index in [9.17, 15) is 9.59 Å².